The monoisotopic (exact) mass is 329 g/mol. The Labute approximate surface area is 122 Å². The summed E-state index contributed by atoms with van der Waals surface area (Å²) in [6.07, 6.45) is 1.01. The highest BCUT2D eigenvalue weighted by Crippen LogP contribution is 2.16. The fourth-order valence-electron chi connectivity index (χ4n) is 1.66. The molecule has 1 unspecified atom stereocenters. The summed E-state index contributed by atoms with van der Waals surface area (Å²) in [5, 5.41) is 3.87. The number of alkyl halides is 1. The zero-order chi connectivity index (χ0) is 13.4. The van der Waals surface area contributed by atoms with E-state index in [9.17, 15) is 4.79 Å². The van der Waals surface area contributed by atoms with Crippen molar-refractivity contribution in [3.8, 4) is 0 Å². The standard InChI is InChI=1S/C14H20BrNOS/c1-11(2)8-12(9-15)16-14(17)10-18-13-6-4-3-5-7-13/h3-7,11-12H,8-10H2,1-2H3,(H,16,17). The Hall–Kier alpha value is -0.480. The molecule has 0 aliphatic carbocycles. The minimum Gasteiger partial charge on any atom is -0.352 e. The van der Waals surface area contributed by atoms with Crippen LogP contribution < -0.4 is 5.32 Å². The number of amides is 1. The lowest BCUT2D eigenvalue weighted by Gasteiger charge is -2.18. The molecular formula is C14H20BrNOS. The first-order valence-corrected chi connectivity index (χ1v) is 8.25. The van der Waals surface area contributed by atoms with Crippen molar-refractivity contribution in [2.75, 3.05) is 11.1 Å². The second kappa shape index (κ2) is 8.59. The Morgan fingerprint density at radius 3 is 2.56 bits per heavy atom. The van der Waals surface area contributed by atoms with E-state index in [0.717, 1.165) is 16.6 Å². The Kier molecular flexibility index (Phi) is 7.44. The first-order valence-electron chi connectivity index (χ1n) is 6.15. The number of carbonyl (C=O) groups excluding carboxylic acids is 1. The van der Waals surface area contributed by atoms with Gasteiger partial charge in [-0.3, -0.25) is 4.79 Å². The molecule has 1 aromatic rings. The van der Waals surface area contributed by atoms with Crippen LogP contribution in [0.15, 0.2) is 35.2 Å². The summed E-state index contributed by atoms with van der Waals surface area (Å²) in [7, 11) is 0. The lowest BCUT2D eigenvalue weighted by atomic mass is 10.1. The van der Waals surface area contributed by atoms with Crippen LogP contribution in [0.2, 0.25) is 0 Å². The molecule has 18 heavy (non-hydrogen) atoms. The number of nitrogens with one attached hydrogen (secondary N) is 1. The van der Waals surface area contributed by atoms with E-state index in [1.807, 2.05) is 30.3 Å². The minimum absolute atomic E-state index is 0.106. The summed E-state index contributed by atoms with van der Waals surface area (Å²) in [5.41, 5.74) is 0. The van der Waals surface area contributed by atoms with Crippen LogP contribution in [0.3, 0.4) is 0 Å². The molecule has 0 saturated carbocycles. The van der Waals surface area contributed by atoms with Crippen molar-refractivity contribution in [1.82, 2.24) is 5.32 Å². The molecule has 0 spiro atoms. The van der Waals surface area contributed by atoms with Crippen molar-refractivity contribution in [2.24, 2.45) is 5.92 Å². The van der Waals surface area contributed by atoms with Gasteiger partial charge in [0.15, 0.2) is 0 Å². The Balaban J connectivity index is 2.32. The molecule has 0 aromatic heterocycles. The number of benzene rings is 1. The molecule has 0 radical (unpaired) electrons. The smallest absolute Gasteiger partial charge is 0.230 e. The van der Waals surface area contributed by atoms with Crippen molar-refractivity contribution in [3.63, 3.8) is 0 Å². The predicted octanol–water partition coefficient (Wildman–Crippen LogP) is 3.70. The third-order valence-corrected chi connectivity index (χ3v) is 4.21. The van der Waals surface area contributed by atoms with Gasteiger partial charge in [-0.1, -0.05) is 48.0 Å². The quantitative estimate of drug-likeness (QED) is 0.610. The van der Waals surface area contributed by atoms with E-state index >= 15 is 0 Å². The summed E-state index contributed by atoms with van der Waals surface area (Å²) in [5.74, 6) is 1.18. The molecule has 0 fully saturated rings. The van der Waals surface area contributed by atoms with Gasteiger partial charge in [-0.05, 0) is 24.5 Å². The summed E-state index contributed by atoms with van der Waals surface area (Å²) < 4.78 is 0. The molecule has 0 aliphatic rings. The minimum atomic E-state index is 0.106. The van der Waals surface area contributed by atoms with Crippen molar-refractivity contribution < 1.29 is 4.79 Å². The van der Waals surface area contributed by atoms with Gasteiger partial charge in [-0.15, -0.1) is 11.8 Å². The van der Waals surface area contributed by atoms with Crippen LogP contribution in [-0.2, 0) is 4.79 Å². The molecule has 0 saturated heterocycles. The van der Waals surface area contributed by atoms with Gasteiger partial charge >= 0.3 is 0 Å². The second-order valence-electron chi connectivity index (χ2n) is 4.65. The lowest BCUT2D eigenvalue weighted by molar-refractivity contribution is -0.119. The fraction of sp³-hybridized carbons (Fsp3) is 0.500. The number of rotatable bonds is 7. The van der Waals surface area contributed by atoms with Crippen LogP contribution in [-0.4, -0.2) is 23.0 Å². The lowest BCUT2D eigenvalue weighted by Crippen LogP contribution is -2.38. The van der Waals surface area contributed by atoms with E-state index in [2.05, 4.69) is 35.1 Å². The van der Waals surface area contributed by atoms with E-state index in [0.29, 0.717) is 11.7 Å². The van der Waals surface area contributed by atoms with Gasteiger partial charge in [0.25, 0.3) is 0 Å². The summed E-state index contributed by atoms with van der Waals surface area (Å²) in [6.45, 7) is 4.33. The van der Waals surface area contributed by atoms with Gasteiger partial charge in [0.05, 0.1) is 5.75 Å². The maximum Gasteiger partial charge on any atom is 0.230 e. The van der Waals surface area contributed by atoms with Gasteiger partial charge in [-0.25, -0.2) is 0 Å². The van der Waals surface area contributed by atoms with Crippen LogP contribution in [0.25, 0.3) is 0 Å². The van der Waals surface area contributed by atoms with E-state index in [1.165, 1.54) is 0 Å². The van der Waals surface area contributed by atoms with E-state index in [1.54, 1.807) is 11.8 Å². The zero-order valence-electron chi connectivity index (χ0n) is 10.9. The molecule has 0 bridgehead atoms. The average Bonchev–Trinajstić information content (AvgIpc) is 2.36. The van der Waals surface area contributed by atoms with Gasteiger partial charge in [0, 0.05) is 16.3 Å². The first kappa shape index (κ1) is 15.6. The van der Waals surface area contributed by atoms with Gasteiger partial charge in [0.1, 0.15) is 0 Å². The number of carbonyl (C=O) groups is 1. The maximum atomic E-state index is 11.8. The highest BCUT2D eigenvalue weighted by Gasteiger charge is 2.12. The fourth-order valence-corrected chi connectivity index (χ4v) is 2.82. The van der Waals surface area contributed by atoms with Crippen LogP contribution in [0, 0.1) is 5.92 Å². The molecule has 100 valence electrons. The first-order chi connectivity index (χ1) is 8.61. The van der Waals surface area contributed by atoms with Crippen molar-refractivity contribution in [1.29, 1.82) is 0 Å². The Bertz CT molecular complexity index is 356. The second-order valence-corrected chi connectivity index (χ2v) is 6.35. The summed E-state index contributed by atoms with van der Waals surface area (Å²) in [6, 6.07) is 10.2. The largest absolute Gasteiger partial charge is 0.352 e. The van der Waals surface area contributed by atoms with Crippen LogP contribution in [0.1, 0.15) is 20.3 Å². The van der Waals surface area contributed by atoms with Crippen molar-refractivity contribution >= 4 is 33.6 Å². The molecule has 1 aromatic carbocycles. The van der Waals surface area contributed by atoms with Crippen LogP contribution >= 0.6 is 27.7 Å². The topological polar surface area (TPSA) is 29.1 Å². The Morgan fingerprint density at radius 1 is 1.33 bits per heavy atom. The number of halogens is 1. The third kappa shape index (κ3) is 6.45. The molecular weight excluding hydrogens is 310 g/mol. The summed E-state index contributed by atoms with van der Waals surface area (Å²) in [4.78, 5) is 12.9. The van der Waals surface area contributed by atoms with Crippen LogP contribution in [0.5, 0.6) is 0 Å². The SMILES string of the molecule is CC(C)CC(CBr)NC(=O)CSc1ccccc1. The van der Waals surface area contributed by atoms with E-state index in [-0.39, 0.29) is 11.9 Å². The highest BCUT2D eigenvalue weighted by atomic mass is 79.9. The van der Waals surface area contributed by atoms with Gasteiger partial charge < -0.3 is 5.32 Å². The van der Waals surface area contributed by atoms with Crippen molar-refractivity contribution in [2.45, 2.75) is 31.2 Å². The number of hydrogen-bond acceptors (Lipinski definition) is 2. The number of thioether (sulfide) groups is 1. The van der Waals surface area contributed by atoms with Crippen molar-refractivity contribution in [3.05, 3.63) is 30.3 Å². The third-order valence-electron chi connectivity index (χ3n) is 2.42. The van der Waals surface area contributed by atoms with E-state index < -0.39 is 0 Å². The molecule has 1 amide bonds. The predicted molar refractivity (Wildman–Crippen MR) is 82.3 cm³/mol. The molecule has 0 heterocycles. The Morgan fingerprint density at radius 2 is 2.00 bits per heavy atom. The molecule has 1 N–H and O–H groups in total. The molecule has 1 rings (SSSR count). The van der Waals surface area contributed by atoms with Gasteiger partial charge in [0.2, 0.25) is 5.91 Å². The molecule has 1 atom stereocenters. The maximum absolute atomic E-state index is 11.8. The van der Waals surface area contributed by atoms with Gasteiger partial charge in [-0.2, -0.15) is 0 Å². The summed E-state index contributed by atoms with van der Waals surface area (Å²) >= 11 is 5.02. The normalized spacial score (nSPS) is 12.4. The molecule has 2 nitrogen and oxygen atoms in total. The van der Waals surface area contributed by atoms with E-state index in [4.69, 9.17) is 0 Å². The average molecular weight is 330 g/mol. The number of hydrogen-bond donors (Lipinski definition) is 1. The van der Waals surface area contributed by atoms with Crippen LogP contribution in [0.4, 0.5) is 0 Å². The zero-order valence-corrected chi connectivity index (χ0v) is 13.3. The molecule has 0 aliphatic heterocycles. The molecule has 4 heteroatoms. The highest BCUT2D eigenvalue weighted by molar-refractivity contribution is 9.09.